The summed E-state index contributed by atoms with van der Waals surface area (Å²) in [6, 6.07) is 10.1. The van der Waals surface area contributed by atoms with E-state index in [9.17, 15) is 0 Å². The number of imidazole rings is 1. The maximum atomic E-state index is 8.97. The van der Waals surface area contributed by atoms with Crippen molar-refractivity contribution >= 4 is 11.0 Å². The molecule has 2 heterocycles. The van der Waals surface area contributed by atoms with Crippen molar-refractivity contribution < 1.29 is 0 Å². The molecule has 0 fully saturated rings. The van der Waals surface area contributed by atoms with Crippen molar-refractivity contribution in [2.45, 2.75) is 13.8 Å². The lowest BCUT2D eigenvalue weighted by molar-refractivity contribution is 1.17. The lowest BCUT2D eigenvalue weighted by Crippen LogP contribution is -1.78. The lowest BCUT2D eigenvalue weighted by Gasteiger charge is -1.97. The van der Waals surface area contributed by atoms with Gasteiger partial charge in [-0.15, -0.1) is 0 Å². The van der Waals surface area contributed by atoms with E-state index in [1.54, 1.807) is 0 Å². The van der Waals surface area contributed by atoms with E-state index >= 15 is 0 Å². The van der Waals surface area contributed by atoms with Crippen LogP contribution in [0.3, 0.4) is 0 Å². The highest BCUT2D eigenvalue weighted by atomic mass is 14.9. The average molecular weight is 236 g/mol. The number of rotatable bonds is 1. The van der Waals surface area contributed by atoms with E-state index in [1.807, 2.05) is 38.1 Å². The molecule has 0 amide bonds. The minimum atomic E-state index is 0.686. The molecule has 2 N–H and O–H groups in total. The van der Waals surface area contributed by atoms with Crippen molar-refractivity contribution in [3.05, 3.63) is 41.3 Å². The van der Waals surface area contributed by atoms with Crippen LogP contribution in [0.15, 0.2) is 24.3 Å². The van der Waals surface area contributed by atoms with Gasteiger partial charge in [-0.1, -0.05) is 6.07 Å². The quantitative estimate of drug-likeness (QED) is 0.681. The predicted octanol–water partition coefficient (Wildman–Crippen LogP) is 3.05. The number of benzene rings is 1. The first-order valence-corrected chi connectivity index (χ1v) is 5.74. The fourth-order valence-electron chi connectivity index (χ4n) is 2.13. The second-order valence-electron chi connectivity index (χ2n) is 4.39. The molecule has 18 heavy (non-hydrogen) atoms. The molecule has 4 heteroatoms. The summed E-state index contributed by atoms with van der Waals surface area (Å²) in [5.41, 5.74) is 5.56. The van der Waals surface area contributed by atoms with Gasteiger partial charge in [0.1, 0.15) is 11.9 Å². The van der Waals surface area contributed by atoms with Gasteiger partial charge in [0.25, 0.3) is 0 Å². The van der Waals surface area contributed by atoms with Crippen molar-refractivity contribution in [1.29, 1.82) is 5.26 Å². The van der Waals surface area contributed by atoms with Gasteiger partial charge < -0.3 is 9.97 Å². The second-order valence-corrected chi connectivity index (χ2v) is 4.39. The average Bonchev–Trinajstić information content (AvgIpc) is 2.89. The number of nitriles is 1. The molecule has 88 valence electrons. The number of hydrogen-bond donors (Lipinski definition) is 2. The monoisotopic (exact) mass is 236 g/mol. The number of fused-ring (bicyclic) bond motifs is 1. The van der Waals surface area contributed by atoms with Crippen LogP contribution in [-0.2, 0) is 0 Å². The molecular weight excluding hydrogens is 224 g/mol. The molecule has 0 saturated heterocycles. The molecule has 0 spiro atoms. The number of nitrogens with one attached hydrogen (secondary N) is 2. The van der Waals surface area contributed by atoms with Gasteiger partial charge in [0.2, 0.25) is 0 Å². The molecule has 0 aliphatic carbocycles. The molecule has 0 unspecified atom stereocenters. The Hall–Kier alpha value is -2.54. The van der Waals surface area contributed by atoms with E-state index in [0.29, 0.717) is 5.56 Å². The number of hydrogen-bond acceptors (Lipinski definition) is 2. The first kappa shape index (κ1) is 10.6. The molecule has 0 saturated carbocycles. The summed E-state index contributed by atoms with van der Waals surface area (Å²) in [4.78, 5) is 10.8. The fourth-order valence-corrected chi connectivity index (χ4v) is 2.13. The second kappa shape index (κ2) is 3.74. The molecule has 3 rings (SSSR count). The zero-order valence-electron chi connectivity index (χ0n) is 10.2. The van der Waals surface area contributed by atoms with Crippen LogP contribution in [0.2, 0.25) is 0 Å². The Balaban J connectivity index is 2.15. The summed E-state index contributed by atoms with van der Waals surface area (Å²) < 4.78 is 0. The van der Waals surface area contributed by atoms with Crippen LogP contribution < -0.4 is 0 Å². The van der Waals surface area contributed by atoms with E-state index < -0.39 is 0 Å². The van der Waals surface area contributed by atoms with Crippen LogP contribution >= 0.6 is 0 Å². The van der Waals surface area contributed by atoms with Crippen molar-refractivity contribution in [2.24, 2.45) is 0 Å². The Bertz CT molecular complexity index is 771. The normalized spacial score (nSPS) is 10.7. The third-order valence-electron chi connectivity index (χ3n) is 3.05. The van der Waals surface area contributed by atoms with Crippen LogP contribution in [-0.4, -0.2) is 15.0 Å². The Morgan fingerprint density at radius 2 is 2.00 bits per heavy atom. The summed E-state index contributed by atoms with van der Waals surface area (Å²) in [7, 11) is 0. The Labute approximate surface area is 104 Å². The van der Waals surface area contributed by atoms with E-state index in [2.05, 4.69) is 21.0 Å². The van der Waals surface area contributed by atoms with Crippen molar-refractivity contribution in [3.8, 4) is 17.3 Å². The van der Waals surface area contributed by atoms with Gasteiger partial charge in [-0.05, 0) is 32.0 Å². The molecule has 0 radical (unpaired) electrons. The Kier molecular flexibility index (Phi) is 2.20. The van der Waals surface area contributed by atoms with Gasteiger partial charge in [-0.3, -0.25) is 0 Å². The highest BCUT2D eigenvalue weighted by molar-refractivity contribution is 5.81. The van der Waals surface area contributed by atoms with Crippen molar-refractivity contribution in [1.82, 2.24) is 15.0 Å². The zero-order valence-corrected chi connectivity index (χ0v) is 10.2. The largest absolute Gasteiger partial charge is 0.358 e. The zero-order chi connectivity index (χ0) is 12.7. The lowest BCUT2D eigenvalue weighted by atomic mass is 10.1. The Morgan fingerprint density at radius 3 is 2.72 bits per heavy atom. The van der Waals surface area contributed by atoms with Gasteiger partial charge in [-0.25, -0.2) is 4.98 Å². The molecule has 4 nitrogen and oxygen atoms in total. The number of aryl methyl sites for hydroxylation is 2. The summed E-state index contributed by atoms with van der Waals surface area (Å²) in [5.74, 6) is 0.905. The molecule has 0 bridgehead atoms. The first-order chi connectivity index (χ1) is 8.67. The standard InChI is InChI=1S/C14H12N4/c1-8-11(7-15)6-13(16-8)10-3-4-12-14(5-10)18-9(2)17-12/h3-6,16H,1-2H3,(H,17,18). The van der Waals surface area contributed by atoms with Crippen LogP contribution in [0.5, 0.6) is 0 Å². The number of aromatic amines is 2. The highest BCUT2D eigenvalue weighted by Crippen LogP contribution is 2.24. The van der Waals surface area contributed by atoms with Crippen molar-refractivity contribution in [3.63, 3.8) is 0 Å². The van der Waals surface area contributed by atoms with Crippen LogP contribution in [0.1, 0.15) is 17.1 Å². The van der Waals surface area contributed by atoms with E-state index in [4.69, 9.17) is 5.26 Å². The van der Waals surface area contributed by atoms with Crippen LogP contribution in [0.4, 0.5) is 0 Å². The minimum absolute atomic E-state index is 0.686. The van der Waals surface area contributed by atoms with E-state index in [-0.39, 0.29) is 0 Å². The van der Waals surface area contributed by atoms with Gasteiger partial charge in [0.15, 0.2) is 0 Å². The van der Waals surface area contributed by atoms with Gasteiger partial charge in [-0.2, -0.15) is 5.26 Å². The Morgan fingerprint density at radius 1 is 1.17 bits per heavy atom. The van der Waals surface area contributed by atoms with Crippen LogP contribution in [0, 0.1) is 25.2 Å². The maximum Gasteiger partial charge on any atom is 0.104 e. The smallest absolute Gasteiger partial charge is 0.104 e. The predicted molar refractivity (Wildman–Crippen MR) is 70.1 cm³/mol. The molecule has 1 aromatic carbocycles. The number of nitrogens with zero attached hydrogens (tertiary/aromatic N) is 2. The SMILES string of the molecule is Cc1nc2ccc(-c3cc(C#N)c(C)[nH]3)cc2[nH]1. The summed E-state index contributed by atoms with van der Waals surface area (Å²) in [6.45, 7) is 3.84. The van der Waals surface area contributed by atoms with Crippen LogP contribution in [0.25, 0.3) is 22.3 Å². The molecule has 0 atom stereocenters. The minimum Gasteiger partial charge on any atom is -0.358 e. The van der Waals surface area contributed by atoms with Gasteiger partial charge in [0, 0.05) is 17.0 Å². The van der Waals surface area contributed by atoms with Gasteiger partial charge in [0.05, 0.1) is 16.6 Å². The fraction of sp³-hybridized carbons (Fsp3) is 0.143. The molecule has 2 aromatic heterocycles. The summed E-state index contributed by atoms with van der Waals surface area (Å²) in [6.07, 6.45) is 0. The summed E-state index contributed by atoms with van der Waals surface area (Å²) >= 11 is 0. The molecule has 0 aliphatic rings. The third kappa shape index (κ3) is 1.57. The molecule has 3 aromatic rings. The maximum absolute atomic E-state index is 8.97. The highest BCUT2D eigenvalue weighted by Gasteiger charge is 2.07. The number of H-pyrrole nitrogens is 2. The topological polar surface area (TPSA) is 68.3 Å². The third-order valence-corrected chi connectivity index (χ3v) is 3.05. The molecular formula is C14H12N4. The van der Waals surface area contributed by atoms with Crippen molar-refractivity contribution in [2.75, 3.05) is 0 Å². The van der Waals surface area contributed by atoms with Gasteiger partial charge >= 0.3 is 0 Å². The van der Waals surface area contributed by atoms with E-state index in [0.717, 1.165) is 33.8 Å². The molecule has 0 aliphatic heterocycles. The summed E-state index contributed by atoms with van der Waals surface area (Å²) in [5, 5.41) is 8.97. The van der Waals surface area contributed by atoms with E-state index in [1.165, 1.54) is 0 Å². The first-order valence-electron chi connectivity index (χ1n) is 5.74. The number of aromatic nitrogens is 3.